The smallest absolute Gasteiger partial charge is 0.0595 e. The highest BCUT2D eigenvalue weighted by Gasteiger charge is 2.25. The Morgan fingerprint density at radius 3 is 2.56 bits per heavy atom. The van der Waals surface area contributed by atoms with Crippen LogP contribution in [-0.2, 0) is 13.0 Å². The van der Waals surface area contributed by atoms with E-state index < -0.39 is 0 Å². The number of halogens is 2. The molecule has 2 aromatic carbocycles. The lowest BCUT2D eigenvalue weighted by Gasteiger charge is -2.28. The predicted octanol–water partition coefficient (Wildman–Crippen LogP) is 4.51. The van der Waals surface area contributed by atoms with E-state index in [1.165, 1.54) is 12.0 Å². The number of aryl methyl sites for hydroxylation is 1. The van der Waals surface area contributed by atoms with E-state index in [9.17, 15) is 0 Å². The fourth-order valence-electron chi connectivity index (χ4n) is 3.79. The molecular weight excluding hydrogens is 377 g/mol. The standard InChI is InChI=1S/C22H29Cl2N3/c23-21-9-7-18(14-22(21)24)15-26-12-10-20(27-13-11-19(25)16-27)8-6-17-4-2-1-3-5-17/h1-5,7,9,14,19-20,26H,6,8,10-13,15-16,25H2. The Balaban J connectivity index is 1.49. The van der Waals surface area contributed by atoms with Gasteiger partial charge in [0.15, 0.2) is 0 Å². The number of likely N-dealkylation sites (tertiary alicyclic amines) is 1. The van der Waals surface area contributed by atoms with Gasteiger partial charge in [0, 0.05) is 31.7 Å². The zero-order chi connectivity index (χ0) is 19.1. The molecule has 0 spiro atoms. The average molecular weight is 406 g/mol. The van der Waals surface area contributed by atoms with E-state index in [0.717, 1.165) is 51.0 Å². The van der Waals surface area contributed by atoms with E-state index >= 15 is 0 Å². The molecule has 0 amide bonds. The Labute approximate surface area is 172 Å². The van der Waals surface area contributed by atoms with Gasteiger partial charge in [-0.25, -0.2) is 0 Å². The Hall–Kier alpha value is -1.10. The van der Waals surface area contributed by atoms with Gasteiger partial charge in [-0.15, -0.1) is 0 Å². The summed E-state index contributed by atoms with van der Waals surface area (Å²) in [5.41, 5.74) is 8.72. The molecule has 0 radical (unpaired) electrons. The van der Waals surface area contributed by atoms with Gasteiger partial charge < -0.3 is 11.1 Å². The average Bonchev–Trinajstić information content (AvgIpc) is 3.11. The number of benzene rings is 2. The van der Waals surface area contributed by atoms with Gasteiger partial charge in [-0.2, -0.15) is 0 Å². The highest BCUT2D eigenvalue weighted by molar-refractivity contribution is 6.42. The zero-order valence-electron chi connectivity index (χ0n) is 15.7. The minimum atomic E-state index is 0.327. The molecule has 1 fully saturated rings. The maximum atomic E-state index is 6.15. The quantitative estimate of drug-likeness (QED) is 0.603. The maximum absolute atomic E-state index is 6.15. The van der Waals surface area contributed by atoms with Crippen molar-refractivity contribution in [3.63, 3.8) is 0 Å². The molecular formula is C22H29Cl2N3. The van der Waals surface area contributed by atoms with Crippen LogP contribution in [0, 0.1) is 0 Å². The van der Waals surface area contributed by atoms with Gasteiger partial charge >= 0.3 is 0 Å². The fourth-order valence-corrected chi connectivity index (χ4v) is 4.11. The summed E-state index contributed by atoms with van der Waals surface area (Å²) in [5, 5.41) is 4.77. The van der Waals surface area contributed by atoms with Crippen molar-refractivity contribution in [2.45, 2.75) is 44.3 Å². The van der Waals surface area contributed by atoms with Crippen LogP contribution in [0.4, 0.5) is 0 Å². The Morgan fingerprint density at radius 2 is 1.85 bits per heavy atom. The van der Waals surface area contributed by atoms with Crippen LogP contribution >= 0.6 is 23.2 Å². The minimum Gasteiger partial charge on any atom is -0.326 e. The first kappa shape index (κ1) is 20.6. The van der Waals surface area contributed by atoms with Crippen molar-refractivity contribution in [2.75, 3.05) is 19.6 Å². The molecule has 1 aliphatic rings. The second-order valence-electron chi connectivity index (χ2n) is 7.44. The van der Waals surface area contributed by atoms with Crippen LogP contribution in [0.3, 0.4) is 0 Å². The van der Waals surface area contributed by atoms with Gasteiger partial charge in [-0.3, -0.25) is 4.90 Å². The molecule has 3 rings (SSSR count). The SMILES string of the molecule is NC1CCN(C(CCNCc2ccc(Cl)c(Cl)c2)CCc2ccccc2)C1. The van der Waals surface area contributed by atoms with Crippen LogP contribution in [-0.4, -0.2) is 36.6 Å². The first-order valence-corrected chi connectivity index (χ1v) is 10.6. The second-order valence-corrected chi connectivity index (χ2v) is 8.25. The summed E-state index contributed by atoms with van der Waals surface area (Å²) in [7, 11) is 0. The molecule has 3 nitrogen and oxygen atoms in total. The van der Waals surface area contributed by atoms with Crippen molar-refractivity contribution in [3.05, 3.63) is 69.7 Å². The second kappa shape index (κ2) is 10.4. The van der Waals surface area contributed by atoms with Gasteiger partial charge in [0.1, 0.15) is 0 Å². The number of nitrogens with two attached hydrogens (primary N) is 1. The summed E-state index contributed by atoms with van der Waals surface area (Å²) in [4.78, 5) is 2.58. The molecule has 2 atom stereocenters. The van der Waals surface area contributed by atoms with Gasteiger partial charge in [-0.1, -0.05) is 59.6 Å². The number of rotatable bonds is 9. The summed E-state index contributed by atoms with van der Waals surface area (Å²) >= 11 is 12.1. The molecule has 2 aromatic rings. The van der Waals surface area contributed by atoms with Crippen molar-refractivity contribution in [3.8, 4) is 0 Å². The lowest BCUT2D eigenvalue weighted by molar-refractivity contribution is 0.215. The van der Waals surface area contributed by atoms with E-state index in [1.54, 1.807) is 0 Å². The lowest BCUT2D eigenvalue weighted by Crippen LogP contribution is -2.38. The molecule has 1 aliphatic heterocycles. The Kier molecular flexibility index (Phi) is 7.98. The molecule has 0 aromatic heterocycles. The van der Waals surface area contributed by atoms with Crippen molar-refractivity contribution >= 4 is 23.2 Å². The third kappa shape index (κ3) is 6.48. The number of hydrogen-bond donors (Lipinski definition) is 2. The molecule has 1 saturated heterocycles. The van der Waals surface area contributed by atoms with Crippen molar-refractivity contribution in [1.82, 2.24) is 10.2 Å². The van der Waals surface area contributed by atoms with Gasteiger partial charge in [-0.05, 0) is 55.5 Å². The third-order valence-corrected chi connectivity index (χ3v) is 6.09. The van der Waals surface area contributed by atoms with Crippen LogP contribution in [0.25, 0.3) is 0 Å². The normalized spacial score (nSPS) is 18.7. The molecule has 5 heteroatoms. The molecule has 0 aliphatic carbocycles. The summed E-state index contributed by atoms with van der Waals surface area (Å²) in [5.74, 6) is 0. The Morgan fingerprint density at radius 1 is 1.04 bits per heavy atom. The molecule has 0 bridgehead atoms. The summed E-state index contributed by atoms with van der Waals surface area (Å²) < 4.78 is 0. The number of hydrogen-bond acceptors (Lipinski definition) is 3. The lowest BCUT2D eigenvalue weighted by atomic mass is 10.0. The highest BCUT2D eigenvalue weighted by atomic mass is 35.5. The summed E-state index contributed by atoms with van der Waals surface area (Å²) in [6, 6.07) is 17.5. The van der Waals surface area contributed by atoms with Gasteiger partial charge in [0.25, 0.3) is 0 Å². The van der Waals surface area contributed by atoms with Crippen molar-refractivity contribution in [1.29, 1.82) is 0 Å². The van der Waals surface area contributed by atoms with E-state index in [-0.39, 0.29) is 0 Å². The maximum Gasteiger partial charge on any atom is 0.0595 e. The zero-order valence-corrected chi connectivity index (χ0v) is 17.2. The molecule has 1 heterocycles. The van der Waals surface area contributed by atoms with Crippen LogP contribution in [0.15, 0.2) is 48.5 Å². The molecule has 146 valence electrons. The van der Waals surface area contributed by atoms with E-state index in [0.29, 0.717) is 22.1 Å². The summed E-state index contributed by atoms with van der Waals surface area (Å²) in [6.45, 7) is 3.92. The summed E-state index contributed by atoms with van der Waals surface area (Å²) in [6.07, 6.45) is 4.52. The van der Waals surface area contributed by atoms with E-state index in [4.69, 9.17) is 28.9 Å². The molecule has 3 N–H and O–H groups in total. The largest absolute Gasteiger partial charge is 0.326 e. The van der Waals surface area contributed by atoms with Crippen LogP contribution < -0.4 is 11.1 Å². The van der Waals surface area contributed by atoms with Crippen LogP contribution in [0.5, 0.6) is 0 Å². The highest BCUT2D eigenvalue weighted by Crippen LogP contribution is 2.22. The van der Waals surface area contributed by atoms with E-state index in [1.807, 2.05) is 18.2 Å². The van der Waals surface area contributed by atoms with Gasteiger partial charge in [0.2, 0.25) is 0 Å². The van der Waals surface area contributed by atoms with E-state index in [2.05, 4.69) is 40.5 Å². The first-order chi connectivity index (χ1) is 13.1. The van der Waals surface area contributed by atoms with Crippen LogP contribution in [0.2, 0.25) is 10.0 Å². The first-order valence-electron chi connectivity index (χ1n) is 9.80. The van der Waals surface area contributed by atoms with Crippen molar-refractivity contribution < 1.29 is 0 Å². The van der Waals surface area contributed by atoms with Gasteiger partial charge in [0.05, 0.1) is 10.0 Å². The third-order valence-electron chi connectivity index (χ3n) is 5.35. The monoisotopic (exact) mass is 405 g/mol. The minimum absolute atomic E-state index is 0.327. The molecule has 27 heavy (non-hydrogen) atoms. The molecule has 0 saturated carbocycles. The Bertz CT molecular complexity index is 708. The molecule has 2 unspecified atom stereocenters. The predicted molar refractivity (Wildman–Crippen MR) is 116 cm³/mol. The van der Waals surface area contributed by atoms with Crippen LogP contribution in [0.1, 0.15) is 30.4 Å². The van der Waals surface area contributed by atoms with Crippen molar-refractivity contribution in [2.24, 2.45) is 5.73 Å². The fraction of sp³-hybridized carbons (Fsp3) is 0.455. The number of nitrogens with zero attached hydrogens (tertiary/aromatic N) is 1. The number of nitrogens with one attached hydrogen (secondary N) is 1. The topological polar surface area (TPSA) is 41.3 Å².